The van der Waals surface area contributed by atoms with Crippen LogP contribution in [0, 0.1) is 6.92 Å². The van der Waals surface area contributed by atoms with Crippen LogP contribution in [0.2, 0.25) is 0 Å². The number of hydrogen-bond acceptors (Lipinski definition) is 3. The molecule has 1 N–H and O–H groups in total. The van der Waals surface area contributed by atoms with Crippen LogP contribution in [0.25, 0.3) is 0 Å². The van der Waals surface area contributed by atoms with E-state index in [1.54, 1.807) is 11.8 Å². The molecule has 0 aliphatic carbocycles. The lowest BCUT2D eigenvalue weighted by Gasteiger charge is -2.23. The molecule has 1 aliphatic heterocycles. The molecule has 0 aromatic heterocycles. The summed E-state index contributed by atoms with van der Waals surface area (Å²) in [5.41, 5.74) is 3.80. The summed E-state index contributed by atoms with van der Waals surface area (Å²) >= 11 is 0. The summed E-state index contributed by atoms with van der Waals surface area (Å²) in [4.78, 5) is 28.3. The van der Waals surface area contributed by atoms with Crippen molar-refractivity contribution in [2.24, 2.45) is 0 Å². The summed E-state index contributed by atoms with van der Waals surface area (Å²) in [5, 5.41) is 2.89. The normalized spacial score (nSPS) is 13.5. The third kappa shape index (κ3) is 4.88. The van der Waals surface area contributed by atoms with E-state index < -0.39 is 0 Å². The highest BCUT2D eigenvalue weighted by atomic mass is 16.2. The molecule has 2 aromatic carbocycles. The van der Waals surface area contributed by atoms with Crippen LogP contribution >= 0.6 is 0 Å². The van der Waals surface area contributed by atoms with Crippen LogP contribution in [-0.4, -0.2) is 38.0 Å². The molecule has 5 nitrogen and oxygen atoms in total. The number of rotatable bonds is 6. The minimum Gasteiger partial charge on any atom is -0.372 e. The average Bonchev–Trinajstić information content (AvgIpc) is 3.20. The maximum Gasteiger partial charge on any atom is 0.251 e. The first kappa shape index (κ1) is 19.0. The lowest BCUT2D eigenvalue weighted by Crippen LogP contribution is -2.37. The molecule has 5 heteroatoms. The Hall–Kier alpha value is -2.82. The van der Waals surface area contributed by atoms with Gasteiger partial charge in [0.25, 0.3) is 5.91 Å². The summed E-state index contributed by atoms with van der Waals surface area (Å²) in [5.74, 6) is -0.156. The fourth-order valence-electron chi connectivity index (χ4n) is 3.38. The molecule has 1 saturated heterocycles. The van der Waals surface area contributed by atoms with E-state index in [0.717, 1.165) is 24.3 Å². The highest BCUT2D eigenvalue weighted by molar-refractivity contribution is 5.94. The quantitative estimate of drug-likeness (QED) is 0.854. The van der Waals surface area contributed by atoms with E-state index in [1.807, 2.05) is 43.3 Å². The van der Waals surface area contributed by atoms with Crippen LogP contribution in [0.4, 0.5) is 11.4 Å². The summed E-state index contributed by atoms with van der Waals surface area (Å²) in [6, 6.07) is 15.6. The molecule has 0 bridgehead atoms. The van der Waals surface area contributed by atoms with E-state index in [-0.39, 0.29) is 11.8 Å². The lowest BCUT2D eigenvalue weighted by molar-refractivity contribution is -0.116. The first-order chi connectivity index (χ1) is 13.0. The highest BCUT2D eigenvalue weighted by Crippen LogP contribution is 2.23. The molecule has 0 radical (unpaired) electrons. The monoisotopic (exact) mass is 365 g/mol. The Bertz CT molecular complexity index is 778. The first-order valence-electron chi connectivity index (χ1n) is 9.52. The van der Waals surface area contributed by atoms with Crippen LogP contribution in [0.3, 0.4) is 0 Å². The molecule has 1 aliphatic rings. The van der Waals surface area contributed by atoms with Crippen LogP contribution in [0.1, 0.15) is 35.7 Å². The van der Waals surface area contributed by atoms with E-state index in [9.17, 15) is 9.59 Å². The van der Waals surface area contributed by atoms with Gasteiger partial charge < -0.3 is 15.1 Å². The van der Waals surface area contributed by atoms with E-state index in [2.05, 4.69) is 22.3 Å². The zero-order valence-electron chi connectivity index (χ0n) is 16.1. The number of amides is 2. The van der Waals surface area contributed by atoms with E-state index in [0.29, 0.717) is 18.7 Å². The van der Waals surface area contributed by atoms with Gasteiger partial charge >= 0.3 is 0 Å². The van der Waals surface area contributed by atoms with Gasteiger partial charge in [-0.2, -0.15) is 0 Å². The summed E-state index contributed by atoms with van der Waals surface area (Å²) in [7, 11) is 0. The van der Waals surface area contributed by atoms with Crippen molar-refractivity contribution in [2.45, 2.75) is 26.7 Å². The van der Waals surface area contributed by atoms with Crippen molar-refractivity contribution in [1.29, 1.82) is 0 Å². The maximum atomic E-state index is 12.2. The van der Waals surface area contributed by atoms with E-state index >= 15 is 0 Å². The Balaban J connectivity index is 1.58. The van der Waals surface area contributed by atoms with Crippen LogP contribution in [0.15, 0.2) is 48.5 Å². The van der Waals surface area contributed by atoms with Crippen LogP contribution in [-0.2, 0) is 4.79 Å². The molecule has 1 heterocycles. The lowest BCUT2D eigenvalue weighted by atomic mass is 10.1. The van der Waals surface area contributed by atoms with Gasteiger partial charge in [-0.1, -0.05) is 17.7 Å². The maximum absolute atomic E-state index is 12.2. The highest BCUT2D eigenvalue weighted by Gasteiger charge is 2.15. The number of anilines is 2. The van der Waals surface area contributed by atoms with Crippen molar-refractivity contribution in [2.75, 3.05) is 36.0 Å². The molecule has 2 aromatic rings. The van der Waals surface area contributed by atoms with Gasteiger partial charge in [-0.05, 0) is 56.2 Å². The Morgan fingerprint density at radius 1 is 1.00 bits per heavy atom. The van der Waals surface area contributed by atoms with E-state index in [1.165, 1.54) is 18.5 Å². The Morgan fingerprint density at radius 2 is 1.63 bits per heavy atom. The number of carbonyl (C=O) groups excluding carboxylic acids is 2. The SMILES string of the molecule is CC(=O)N(CCNC(=O)c1ccc(C)cc1)c1ccc(N2CCCC2)cc1. The summed E-state index contributed by atoms with van der Waals surface area (Å²) in [6.45, 7) is 6.58. The average molecular weight is 365 g/mol. The van der Waals surface area contributed by atoms with Crippen molar-refractivity contribution in [3.05, 3.63) is 59.7 Å². The van der Waals surface area contributed by atoms with Gasteiger partial charge in [0.1, 0.15) is 0 Å². The second-order valence-electron chi connectivity index (χ2n) is 7.00. The molecule has 0 unspecified atom stereocenters. The minimum atomic E-state index is -0.122. The summed E-state index contributed by atoms with van der Waals surface area (Å²) < 4.78 is 0. The van der Waals surface area contributed by atoms with Crippen molar-refractivity contribution in [3.63, 3.8) is 0 Å². The van der Waals surface area contributed by atoms with Crippen LogP contribution in [0.5, 0.6) is 0 Å². The number of hydrogen-bond donors (Lipinski definition) is 1. The first-order valence-corrected chi connectivity index (χ1v) is 9.52. The third-order valence-corrected chi connectivity index (χ3v) is 4.95. The van der Waals surface area contributed by atoms with E-state index in [4.69, 9.17) is 0 Å². The van der Waals surface area contributed by atoms with Crippen molar-refractivity contribution in [3.8, 4) is 0 Å². The van der Waals surface area contributed by atoms with Crippen LogP contribution < -0.4 is 15.1 Å². The molecule has 0 spiro atoms. The number of aryl methyl sites for hydroxylation is 1. The van der Waals surface area contributed by atoms with Crippen molar-refractivity contribution >= 4 is 23.2 Å². The van der Waals surface area contributed by atoms with Gasteiger partial charge in [-0.25, -0.2) is 0 Å². The third-order valence-electron chi connectivity index (χ3n) is 4.95. The Morgan fingerprint density at radius 3 is 2.22 bits per heavy atom. The molecule has 0 saturated carbocycles. The molecule has 3 rings (SSSR count). The standard InChI is InChI=1S/C22H27N3O2/c1-17-5-7-19(8-6-17)22(27)23-13-16-25(18(2)26)21-11-9-20(10-12-21)24-14-3-4-15-24/h5-12H,3-4,13-16H2,1-2H3,(H,23,27). The largest absolute Gasteiger partial charge is 0.372 e. The molecule has 2 amide bonds. The topological polar surface area (TPSA) is 52.7 Å². The smallest absolute Gasteiger partial charge is 0.251 e. The molecule has 27 heavy (non-hydrogen) atoms. The fraction of sp³-hybridized carbons (Fsp3) is 0.364. The van der Waals surface area contributed by atoms with Crippen molar-refractivity contribution < 1.29 is 9.59 Å². The Kier molecular flexibility index (Phi) is 6.12. The molecular formula is C22H27N3O2. The minimum absolute atomic E-state index is 0.0338. The number of nitrogens with one attached hydrogen (secondary N) is 1. The zero-order chi connectivity index (χ0) is 19.2. The second-order valence-corrected chi connectivity index (χ2v) is 7.00. The van der Waals surface area contributed by atoms with Crippen molar-refractivity contribution in [1.82, 2.24) is 5.32 Å². The number of nitrogens with zero attached hydrogens (tertiary/aromatic N) is 2. The predicted octanol–water partition coefficient (Wildman–Crippen LogP) is 3.38. The summed E-state index contributed by atoms with van der Waals surface area (Å²) in [6.07, 6.45) is 2.48. The second kappa shape index (κ2) is 8.71. The Labute approximate surface area is 161 Å². The number of carbonyl (C=O) groups is 2. The molecule has 1 fully saturated rings. The van der Waals surface area contributed by atoms with Gasteiger partial charge in [0.05, 0.1) is 0 Å². The zero-order valence-corrected chi connectivity index (χ0v) is 16.1. The predicted molar refractivity (Wildman–Crippen MR) is 109 cm³/mol. The van der Waals surface area contributed by atoms with Gasteiger partial charge in [-0.3, -0.25) is 9.59 Å². The molecule has 0 atom stereocenters. The fourth-order valence-corrected chi connectivity index (χ4v) is 3.38. The molecular weight excluding hydrogens is 338 g/mol. The van der Waals surface area contributed by atoms with Gasteiger partial charge in [0.15, 0.2) is 0 Å². The molecule has 142 valence electrons. The van der Waals surface area contributed by atoms with Gasteiger partial charge in [0, 0.05) is 50.0 Å². The van der Waals surface area contributed by atoms with Gasteiger partial charge in [-0.15, -0.1) is 0 Å². The van der Waals surface area contributed by atoms with Gasteiger partial charge in [0.2, 0.25) is 5.91 Å². The number of benzene rings is 2.